The van der Waals surface area contributed by atoms with Crippen LogP contribution in [0.2, 0.25) is 5.02 Å². The average molecular weight is 303 g/mol. The van der Waals surface area contributed by atoms with Crippen molar-refractivity contribution in [1.29, 1.82) is 0 Å². The molecule has 0 saturated heterocycles. The Labute approximate surface area is 117 Å². The SMILES string of the molecule is Nc1ncc(Cl)cc1S(=O)(=O)NCC1=CCNCC1. The van der Waals surface area contributed by atoms with Crippen LogP contribution in [0.15, 0.2) is 28.8 Å². The molecular formula is C11H15ClN4O2S. The first-order valence-corrected chi connectivity index (χ1v) is 7.64. The highest BCUT2D eigenvalue weighted by atomic mass is 35.5. The molecule has 1 aromatic heterocycles. The number of hydrogen-bond donors (Lipinski definition) is 3. The van der Waals surface area contributed by atoms with E-state index in [1.165, 1.54) is 12.3 Å². The van der Waals surface area contributed by atoms with Crippen molar-refractivity contribution < 1.29 is 8.42 Å². The Kier molecular flexibility index (Phi) is 4.41. The maximum atomic E-state index is 12.1. The van der Waals surface area contributed by atoms with Gasteiger partial charge in [-0.15, -0.1) is 0 Å². The van der Waals surface area contributed by atoms with Gasteiger partial charge in [-0.05, 0) is 19.0 Å². The monoisotopic (exact) mass is 302 g/mol. The highest BCUT2D eigenvalue weighted by Crippen LogP contribution is 2.20. The minimum Gasteiger partial charge on any atom is -0.383 e. The van der Waals surface area contributed by atoms with E-state index < -0.39 is 10.0 Å². The van der Waals surface area contributed by atoms with E-state index in [0.717, 1.165) is 25.1 Å². The van der Waals surface area contributed by atoms with Crippen molar-refractivity contribution in [3.05, 3.63) is 28.9 Å². The maximum absolute atomic E-state index is 12.1. The zero-order chi connectivity index (χ0) is 13.9. The Balaban J connectivity index is 2.13. The Morgan fingerprint density at radius 1 is 1.53 bits per heavy atom. The van der Waals surface area contributed by atoms with Crippen LogP contribution in [0.4, 0.5) is 5.82 Å². The normalized spacial score (nSPS) is 16.2. The van der Waals surface area contributed by atoms with Crippen molar-refractivity contribution in [3.63, 3.8) is 0 Å². The second kappa shape index (κ2) is 5.87. The van der Waals surface area contributed by atoms with Gasteiger partial charge in [0.1, 0.15) is 10.7 Å². The predicted octanol–water partition coefficient (Wildman–Crippen LogP) is 0.515. The van der Waals surface area contributed by atoms with E-state index in [9.17, 15) is 8.42 Å². The second-order valence-electron chi connectivity index (χ2n) is 4.18. The number of sulfonamides is 1. The Hall–Kier alpha value is -1.15. The molecule has 8 heteroatoms. The lowest BCUT2D eigenvalue weighted by atomic mass is 10.1. The standard InChI is InChI=1S/C11H15ClN4O2S/c12-9-5-10(11(13)15-7-9)19(17,18)16-6-8-1-3-14-4-2-8/h1,5,7,14,16H,2-4,6H2,(H2,13,15). The molecule has 0 fully saturated rings. The lowest BCUT2D eigenvalue weighted by Crippen LogP contribution is -2.30. The second-order valence-corrected chi connectivity index (χ2v) is 6.35. The summed E-state index contributed by atoms with van der Waals surface area (Å²) >= 11 is 5.74. The molecular weight excluding hydrogens is 288 g/mol. The minimum atomic E-state index is -3.70. The molecule has 1 aliphatic rings. The fourth-order valence-corrected chi connectivity index (χ4v) is 3.11. The van der Waals surface area contributed by atoms with E-state index in [-0.39, 0.29) is 22.3 Å². The zero-order valence-electron chi connectivity index (χ0n) is 10.2. The molecule has 2 heterocycles. The molecule has 1 aliphatic heterocycles. The third kappa shape index (κ3) is 3.66. The van der Waals surface area contributed by atoms with Crippen LogP contribution in [0, 0.1) is 0 Å². The molecule has 0 bridgehead atoms. The van der Waals surface area contributed by atoms with Crippen LogP contribution in [0.25, 0.3) is 0 Å². The Bertz CT molecular complexity index is 601. The highest BCUT2D eigenvalue weighted by molar-refractivity contribution is 7.89. The number of halogens is 1. The van der Waals surface area contributed by atoms with Crippen LogP contribution in [-0.2, 0) is 10.0 Å². The van der Waals surface area contributed by atoms with Gasteiger partial charge in [-0.2, -0.15) is 0 Å². The third-order valence-electron chi connectivity index (χ3n) is 2.79. The molecule has 2 rings (SSSR count). The summed E-state index contributed by atoms with van der Waals surface area (Å²) in [5.74, 6) is -0.0591. The van der Waals surface area contributed by atoms with Crippen molar-refractivity contribution in [1.82, 2.24) is 15.0 Å². The summed E-state index contributed by atoms with van der Waals surface area (Å²) in [5, 5.41) is 3.39. The number of aromatic nitrogens is 1. The quantitative estimate of drug-likeness (QED) is 0.704. The first kappa shape index (κ1) is 14.3. The summed E-state index contributed by atoms with van der Waals surface area (Å²) in [5.41, 5.74) is 6.62. The number of hydrogen-bond acceptors (Lipinski definition) is 5. The summed E-state index contributed by atoms with van der Waals surface area (Å²) in [6.45, 7) is 1.89. The van der Waals surface area contributed by atoms with Crippen LogP contribution in [0.1, 0.15) is 6.42 Å². The van der Waals surface area contributed by atoms with Crippen LogP contribution < -0.4 is 15.8 Å². The largest absolute Gasteiger partial charge is 0.383 e. The highest BCUT2D eigenvalue weighted by Gasteiger charge is 2.19. The number of nitrogen functional groups attached to an aromatic ring is 1. The van der Waals surface area contributed by atoms with Crippen molar-refractivity contribution in [2.45, 2.75) is 11.3 Å². The summed E-state index contributed by atoms with van der Waals surface area (Å²) < 4.78 is 26.7. The van der Waals surface area contributed by atoms with Gasteiger partial charge in [0.15, 0.2) is 0 Å². The summed E-state index contributed by atoms with van der Waals surface area (Å²) in [4.78, 5) is 3.65. The Morgan fingerprint density at radius 2 is 2.32 bits per heavy atom. The molecule has 0 aliphatic carbocycles. The van der Waals surface area contributed by atoms with Gasteiger partial charge in [0.05, 0.1) is 5.02 Å². The smallest absolute Gasteiger partial charge is 0.244 e. The van der Waals surface area contributed by atoms with E-state index in [1.807, 2.05) is 6.08 Å². The van der Waals surface area contributed by atoms with E-state index in [4.69, 9.17) is 17.3 Å². The van der Waals surface area contributed by atoms with Crippen molar-refractivity contribution in [3.8, 4) is 0 Å². The molecule has 0 amide bonds. The topological polar surface area (TPSA) is 97.1 Å². The number of nitrogens with two attached hydrogens (primary N) is 1. The van der Waals surface area contributed by atoms with E-state index in [0.29, 0.717) is 0 Å². The lowest BCUT2D eigenvalue weighted by Gasteiger charge is -2.15. The minimum absolute atomic E-state index is 0.0591. The zero-order valence-corrected chi connectivity index (χ0v) is 11.8. The van der Waals surface area contributed by atoms with Gasteiger partial charge in [-0.3, -0.25) is 0 Å². The molecule has 1 aromatic rings. The van der Waals surface area contributed by atoms with Crippen LogP contribution >= 0.6 is 11.6 Å². The van der Waals surface area contributed by atoms with Gasteiger partial charge in [0.25, 0.3) is 0 Å². The van der Waals surface area contributed by atoms with E-state index in [1.54, 1.807) is 0 Å². The summed E-state index contributed by atoms with van der Waals surface area (Å²) in [6, 6.07) is 1.29. The molecule has 0 unspecified atom stereocenters. The fourth-order valence-electron chi connectivity index (χ4n) is 1.74. The molecule has 0 saturated carbocycles. The molecule has 6 nitrogen and oxygen atoms in total. The van der Waals surface area contributed by atoms with Gasteiger partial charge < -0.3 is 11.1 Å². The summed E-state index contributed by atoms with van der Waals surface area (Å²) in [6.07, 6.45) is 4.11. The van der Waals surface area contributed by atoms with Crippen molar-refractivity contribution >= 4 is 27.4 Å². The van der Waals surface area contributed by atoms with Gasteiger partial charge >= 0.3 is 0 Å². The van der Waals surface area contributed by atoms with E-state index in [2.05, 4.69) is 15.0 Å². The van der Waals surface area contributed by atoms with Crippen LogP contribution in [-0.4, -0.2) is 33.0 Å². The average Bonchev–Trinajstić information content (AvgIpc) is 2.40. The van der Waals surface area contributed by atoms with E-state index >= 15 is 0 Å². The molecule has 0 aromatic carbocycles. The maximum Gasteiger partial charge on any atom is 0.244 e. The number of pyridine rings is 1. The number of nitrogens with one attached hydrogen (secondary N) is 2. The van der Waals surface area contributed by atoms with Crippen LogP contribution in [0.3, 0.4) is 0 Å². The number of rotatable bonds is 4. The molecule has 19 heavy (non-hydrogen) atoms. The molecule has 0 radical (unpaired) electrons. The third-order valence-corrected chi connectivity index (χ3v) is 4.42. The predicted molar refractivity (Wildman–Crippen MR) is 74.4 cm³/mol. The van der Waals surface area contributed by atoms with Gasteiger partial charge in [-0.25, -0.2) is 18.1 Å². The summed E-state index contributed by atoms with van der Waals surface area (Å²) in [7, 11) is -3.70. The molecule has 4 N–H and O–H groups in total. The molecule has 0 atom stereocenters. The first-order chi connectivity index (χ1) is 8.99. The fraction of sp³-hybridized carbons (Fsp3) is 0.364. The van der Waals surface area contributed by atoms with Gasteiger partial charge in [-0.1, -0.05) is 23.3 Å². The number of nitrogens with zero attached hydrogens (tertiary/aromatic N) is 1. The van der Waals surface area contributed by atoms with Gasteiger partial charge in [0.2, 0.25) is 10.0 Å². The van der Waals surface area contributed by atoms with Crippen molar-refractivity contribution in [2.75, 3.05) is 25.4 Å². The van der Waals surface area contributed by atoms with Gasteiger partial charge in [0, 0.05) is 19.3 Å². The van der Waals surface area contributed by atoms with Crippen LogP contribution in [0.5, 0.6) is 0 Å². The molecule has 104 valence electrons. The Morgan fingerprint density at radius 3 is 3.00 bits per heavy atom. The lowest BCUT2D eigenvalue weighted by molar-refractivity contribution is 0.582. The number of anilines is 1. The van der Waals surface area contributed by atoms with Crippen molar-refractivity contribution in [2.24, 2.45) is 0 Å². The molecule has 0 spiro atoms. The first-order valence-electron chi connectivity index (χ1n) is 5.78.